The molecule has 162 valence electrons. The Labute approximate surface area is 177 Å². The molecule has 9 heteroatoms. The quantitative estimate of drug-likeness (QED) is 0.449. The molecule has 3 rings (SSSR count). The molecule has 0 unspecified atom stereocenters. The van der Waals surface area contributed by atoms with Gasteiger partial charge < -0.3 is 15.8 Å². The van der Waals surface area contributed by atoms with Crippen LogP contribution in [0.15, 0.2) is 48.5 Å². The number of anilines is 2. The van der Waals surface area contributed by atoms with Gasteiger partial charge in [-0.2, -0.15) is 13.2 Å². The highest BCUT2D eigenvalue weighted by atomic mass is 19.4. The van der Waals surface area contributed by atoms with Crippen LogP contribution in [0.5, 0.6) is 0 Å². The standard InChI is InChI=1S/C20H16F3N3O2.C2H5N/c1-11-12(2)24-18(13-5-3-6-14(9-13)19(27)28)26-17(11)25-16-8-4-7-15(10-16)20(21,22)23;1-2-3/h3-10H,1-2H3,(H,27,28)(H,24,25,26);2-3H,1H3. The van der Waals surface area contributed by atoms with Crippen molar-refractivity contribution >= 4 is 23.7 Å². The van der Waals surface area contributed by atoms with E-state index in [2.05, 4.69) is 15.3 Å². The normalized spacial score (nSPS) is 10.6. The predicted octanol–water partition coefficient (Wildman–Crippen LogP) is 5.88. The van der Waals surface area contributed by atoms with Gasteiger partial charge in [0.1, 0.15) is 5.82 Å². The predicted molar refractivity (Wildman–Crippen MR) is 113 cm³/mol. The first-order chi connectivity index (χ1) is 14.6. The van der Waals surface area contributed by atoms with Crippen LogP contribution in [0.25, 0.3) is 11.4 Å². The van der Waals surface area contributed by atoms with Crippen LogP contribution in [0, 0.1) is 19.3 Å². The van der Waals surface area contributed by atoms with Crippen LogP contribution in [0.3, 0.4) is 0 Å². The van der Waals surface area contributed by atoms with E-state index in [0.717, 1.165) is 12.1 Å². The largest absolute Gasteiger partial charge is 0.478 e. The summed E-state index contributed by atoms with van der Waals surface area (Å²) in [6.07, 6.45) is -3.20. The van der Waals surface area contributed by atoms with Crippen molar-refractivity contribution in [3.8, 4) is 11.4 Å². The summed E-state index contributed by atoms with van der Waals surface area (Å²) in [5.74, 6) is -0.448. The Balaban J connectivity index is 0.00000107. The Morgan fingerprint density at radius 3 is 2.35 bits per heavy atom. The number of benzene rings is 2. The van der Waals surface area contributed by atoms with Crippen molar-refractivity contribution in [2.45, 2.75) is 26.9 Å². The van der Waals surface area contributed by atoms with Gasteiger partial charge >= 0.3 is 12.1 Å². The van der Waals surface area contributed by atoms with Crippen LogP contribution in [0.1, 0.15) is 34.1 Å². The molecule has 0 atom stereocenters. The van der Waals surface area contributed by atoms with Gasteiger partial charge in [-0.1, -0.05) is 18.2 Å². The van der Waals surface area contributed by atoms with Crippen LogP contribution in [0.2, 0.25) is 0 Å². The maximum absolute atomic E-state index is 12.9. The van der Waals surface area contributed by atoms with Gasteiger partial charge in [0.2, 0.25) is 0 Å². The zero-order chi connectivity index (χ0) is 23.2. The number of rotatable bonds is 4. The molecule has 1 aromatic heterocycles. The minimum absolute atomic E-state index is 0.0896. The van der Waals surface area contributed by atoms with Crippen molar-refractivity contribution in [1.82, 2.24) is 9.97 Å². The van der Waals surface area contributed by atoms with Crippen molar-refractivity contribution in [2.24, 2.45) is 0 Å². The van der Waals surface area contributed by atoms with E-state index in [1.165, 1.54) is 30.5 Å². The monoisotopic (exact) mass is 430 g/mol. The van der Waals surface area contributed by atoms with Crippen molar-refractivity contribution in [1.29, 1.82) is 5.41 Å². The molecule has 2 aromatic carbocycles. The molecule has 31 heavy (non-hydrogen) atoms. The molecule has 0 aliphatic carbocycles. The molecular formula is C22H21F3N4O2. The zero-order valence-electron chi connectivity index (χ0n) is 17.1. The molecule has 0 fully saturated rings. The fourth-order valence-electron chi connectivity index (χ4n) is 2.58. The average Bonchev–Trinajstić information content (AvgIpc) is 2.71. The second-order valence-electron chi connectivity index (χ2n) is 6.48. The number of aromatic nitrogens is 2. The number of carboxylic acids is 1. The minimum atomic E-state index is -4.45. The van der Waals surface area contributed by atoms with Gasteiger partial charge in [0.05, 0.1) is 11.1 Å². The van der Waals surface area contributed by atoms with Crippen LogP contribution in [-0.2, 0) is 6.18 Å². The number of carbonyl (C=O) groups is 1. The van der Waals surface area contributed by atoms with Crippen molar-refractivity contribution in [3.63, 3.8) is 0 Å². The molecule has 0 amide bonds. The number of nitrogens with zero attached hydrogens (tertiary/aromatic N) is 2. The fraction of sp³-hybridized carbons (Fsp3) is 0.182. The van der Waals surface area contributed by atoms with Gasteiger partial charge in [0.25, 0.3) is 0 Å². The molecule has 0 bridgehead atoms. The zero-order valence-corrected chi connectivity index (χ0v) is 17.1. The van der Waals surface area contributed by atoms with Gasteiger partial charge in [-0.25, -0.2) is 14.8 Å². The minimum Gasteiger partial charge on any atom is -0.478 e. The second kappa shape index (κ2) is 9.84. The Morgan fingerprint density at radius 1 is 1.10 bits per heavy atom. The molecule has 1 heterocycles. The van der Waals surface area contributed by atoms with E-state index in [-0.39, 0.29) is 17.1 Å². The summed E-state index contributed by atoms with van der Waals surface area (Å²) < 4.78 is 38.8. The maximum atomic E-state index is 12.9. The molecule has 6 nitrogen and oxygen atoms in total. The van der Waals surface area contributed by atoms with Crippen LogP contribution in [0.4, 0.5) is 24.7 Å². The highest BCUT2D eigenvalue weighted by Crippen LogP contribution is 2.32. The molecule has 0 radical (unpaired) electrons. The molecule has 3 N–H and O–H groups in total. The number of hydrogen-bond acceptors (Lipinski definition) is 5. The van der Waals surface area contributed by atoms with Crippen LogP contribution >= 0.6 is 0 Å². The Bertz CT molecular complexity index is 1100. The number of aryl methyl sites for hydroxylation is 1. The smallest absolute Gasteiger partial charge is 0.416 e. The fourth-order valence-corrected chi connectivity index (χ4v) is 2.58. The Kier molecular flexibility index (Phi) is 7.47. The lowest BCUT2D eigenvalue weighted by Crippen LogP contribution is -2.07. The molecule has 0 saturated heterocycles. The third-order valence-corrected chi connectivity index (χ3v) is 4.21. The number of alkyl halides is 3. The van der Waals surface area contributed by atoms with E-state index < -0.39 is 17.7 Å². The number of hydrogen-bond donors (Lipinski definition) is 3. The van der Waals surface area contributed by atoms with E-state index in [9.17, 15) is 18.0 Å². The maximum Gasteiger partial charge on any atom is 0.416 e. The Hall–Kier alpha value is -3.75. The summed E-state index contributed by atoms with van der Waals surface area (Å²) in [5.41, 5.74) is 1.36. The van der Waals surface area contributed by atoms with Gasteiger partial charge in [-0.05, 0) is 57.3 Å². The molecule has 0 saturated carbocycles. The van der Waals surface area contributed by atoms with Crippen molar-refractivity contribution < 1.29 is 23.1 Å². The summed E-state index contributed by atoms with van der Waals surface area (Å²) in [5, 5.41) is 18.1. The third-order valence-electron chi connectivity index (χ3n) is 4.21. The first kappa shape index (κ1) is 23.5. The van der Waals surface area contributed by atoms with Crippen LogP contribution in [-0.4, -0.2) is 27.3 Å². The van der Waals surface area contributed by atoms with Gasteiger partial charge in [-0.15, -0.1) is 0 Å². The van der Waals surface area contributed by atoms with Crippen LogP contribution < -0.4 is 5.32 Å². The SMILES string of the molecule is CC=N.Cc1nc(-c2cccc(C(=O)O)c2)nc(Nc2cccc(C(F)(F)F)c2)c1C. The molecule has 0 aliphatic rings. The summed E-state index contributed by atoms with van der Waals surface area (Å²) in [7, 11) is 0. The van der Waals surface area contributed by atoms with E-state index in [4.69, 9.17) is 10.5 Å². The summed E-state index contributed by atoms with van der Waals surface area (Å²) >= 11 is 0. The molecule has 3 aromatic rings. The number of halogens is 3. The number of nitrogens with one attached hydrogen (secondary N) is 2. The topological polar surface area (TPSA) is 99.0 Å². The molecular weight excluding hydrogens is 409 g/mol. The van der Waals surface area contributed by atoms with Crippen molar-refractivity contribution in [3.05, 3.63) is 70.9 Å². The lowest BCUT2D eigenvalue weighted by atomic mass is 10.1. The van der Waals surface area contributed by atoms with E-state index in [1.54, 1.807) is 32.9 Å². The Morgan fingerprint density at radius 2 is 1.74 bits per heavy atom. The first-order valence-corrected chi connectivity index (χ1v) is 9.15. The second-order valence-corrected chi connectivity index (χ2v) is 6.48. The average molecular weight is 430 g/mol. The number of aromatic carboxylic acids is 1. The summed E-state index contributed by atoms with van der Waals surface area (Å²) in [6, 6.07) is 11.0. The lowest BCUT2D eigenvalue weighted by molar-refractivity contribution is -0.137. The third kappa shape index (κ3) is 6.11. The van der Waals surface area contributed by atoms with E-state index in [0.29, 0.717) is 22.6 Å². The van der Waals surface area contributed by atoms with Crippen molar-refractivity contribution in [2.75, 3.05) is 5.32 Å². The number of carboxylic acid groups (broad SMARTS) is 1. The first-order valence-electron chi connectivity index (χ1n) is 9.15. The van der Waals surface area contributed by atoms with E-state index in [1.807, 2.05) is 0 Å². The summed E-state index contributed by atoms with van der Waals surface area (Å²) in [6.45, 7) is 5.17. The summed E-state index contributed by atoms with van der Waals surface area (Å²) in [4.78, 5) is 20.0. The van der Waals surface area contributed by atoms with Gasteiger partial charge in [-0.3, -0.25) is 0 Å². The molecule has 0 spiro atoms. The highest BCUT2D eigenvalue weighted by molar-refractivity contribution is 5.89. The molecule has 0 aliphatic heterocycles. The van der Waals surface area contributed by atoms with E-state index >= 15 is 0 Å². The van der Waals surface area contributed by atoms with Gasteiger partial charge in [0.15, 0.2) is 5.82 Å². The van der Waals surface area contributed by atoms with Gasteiger partial charge in [0, 0.05) is 22.5 Å². The highest BCUT2D eigenvalue weighted by Gasteiger charge is 2.30. The lowest BCUT2D eigenvalue weighted by Gasteiger charge is -2.14.